The molecule has 2 aromatic rings. The number of halogens is 2. The zero-order valence-electron chi connectivity index (χ0n) is 12.8. The summed E-state index contributed by atoms with van der Waals surface area (Å²) in [6.07, 6.45) is -0.0656. The van der Waals surface area contributed by atoms with Crippen molar-refractivity contribution in [2.45, 2.75) is 12.5 Å². The Balaban J connectivity index is 1.79. The van der Waals surface area contributed by atoms with Crippen molar-refractivity contribution >= 4 is 23.2 Å². The molecule has 0 aliphatic carbocycles. The molecule has 7 heteroatoms. The third-order valence-electron chi connectivity index (χ3n) is 3.74. The maximum Gasteiger partial charge on any atom is 0.256 e. The Morgan fingerprint density at radius 2 is 1.79 bits per heavy atom. The van der Waals surface area contributed by atoms with Gasteiger partial charge in [0.05, 0.1) is 19.2 Å². The smallest absolute Gasteiger partial charge is 0.256 e. The standard InChI is InChI=1S/C17H14F2N2O3/c1-24-12-5-3-11(4-6-12)21-16(22)9-15(17(21)23)20-10-2-7-13(18)14(19)8-10/h2-8,15,20H,9H2,1H3/t15-/m0/s1. The number of nitrogens with one attached hydrogen (secondary N) is 1. The number of benzene rings is 2. The number of carbonyl (C=O) groups excluding carboxylic acids is 2. The normalized spacial score (nSPS) is 17.3. The minimum Gasteiger partial charge on any atom is -0.497 e. The molecule has 0 unspecified atom stereocenters. The van der Waals surface area contributed by atoms with Crippen LogP contribution in [0.4, 0.5) is 20.2 Å². The summed E-state index contributed by atoms with van der Waals surface area (Å²) < 4.78 is 31.2. The predicted molar refractivity (Wildman–Crippen MR) is 83.9 cm³/mol. The maximum atomic E-state index is 13.3. The van der Waals surface area contributed by atoms with E-state index in [1.165, 1.54) is 13.2 Å². The van der Waals surface area contributed by atoms with Crippen molar-refractivity contribution in [2.75, 3.05) is 17.3 Å². The van der Waals surface area contributed by atoms with Crippen molar-refractivity contribution in [3.8, 4) is 5.75 Å². The molecule has 1 heterocycles. The van der Waals surface area contributed by atoms with Crippen molar-refractivity contribution in [1.82, 2.24) is 0 Å². The number of hydrogen-bond acceptors (Lipinski definition) is 4. The van der Waals surface area contributed by atoms with Gasteiger partial charge < -0.3 is 10.1 Å². The number of anilines is 2. The van der Waals surface area contributed by atoms with Gasteiger partial charge in [0.2, 0.25) is 5.91 Å². The van der Waals surface area contributed by atoms with Crippen molar-refractivity contribution in [3.63, 3.8) is 0 Å². The molecule has 2 aromatic carbocycles. The minimum absolute atomic E-state index is 0.0656. The number of ether oxygens (including phenoxy) is 1. The molecule has 1 N–H and O–H groups in total. The molecule has 0 radical (unpaired) electrons. The molecule has 1 saturated heterocycles. The number of methoxy groups -OCH3 is 1. The highest BCUT2D eigenvalue weighted by Gasteiger charge is 2.39. The average Bonchev–Trinajstić information content (AvgIpc) is 2.85. The second-order valence-corrected chi connectivity index (χ2v) is 5.30. The topological polar surface area (TPSA) is 58.6 Å². The summed E-state index contributed by atoms with van der Waals surface area (Å²) in [6, 6.07) is 8.89. The lowest BCUT2D eigenvalue weighted by molar-refractivity contribution is -0.121. The van der Waals surface area contributed by atoms with Crippen LogP contribution < -0.4 is 15.0 Å². The summed E-state index contributed by atoms with van der Waals surface area (Å²) in [6.45, 7) is 0. The van der Waals surface area contributed by atoms with Crippen LogP contribution in [0.2, 0.25) is 0 Å². The molecule has 1 aliphatic rings. The molecule has 1 aliphatic heterocycles. The Morgan fingerprint density at radius 1 is 1.08 bits per heavy atom. The van der Waals surface area contributed by atoms with Gasteiger partial charge in [0.15, 0.2) is 11.6 Å². The van der Waals surface area contributed by atoms with Crippen LogP contribution in [-0.2, 0) is 9.59 Å². The molecule has 2 amide bonds. The maximum absolute atomic E-state index is 13.3. The second-order valence-electron chi connectivity index (χ2n) is 5.30. The van der Waals surface area contributed by atoms with Crippen LogP contribution in [0.3, 0.4) is 0 Å². The number of nitrogens with zero attached hydrogens (tertiary/aromatic N) is 1. The Morgan fingerprint density at radius 3 is 2.42 bits per heavy atom. The minimum atomic E-state index is -1.02. The summed E-state index contributed by atoms with van der Waals surface area (Å²) in [7, 11) is 1.52. The van der Waals surface area contributed by atoms with E-state index >= 15 is 0 Å². The van der Waals surface area contributed by atoms with E-state index in [0.29, 0.717) is 11.4 Å². The highest BCUT2D eigenvalue weighted by atomic mass is 19.2. The van der Waals surface area contributed by atoms with E-state index in [4.69, 9.17) is 4.74 Å². The average molecular weight is 332 g/mol. The summed E-state index contributed by atoms with van der Waals surface area (Å²) in [5.41, 5.74) is 0.664. The van der Waals surface area contributed by atoms with Crippen molar-refractivity contribution in [1.29, 1.82) is 0 Å². The van der Waals surface area contributed by atoms with E-state index in [0.717, 1.165) is 17.0 Å². The highest BCUT2D eigenvalue weighted by Crippen LogP contribution is 2.27. The van der Waals surface area contributed by atoms with E-state index in [9.17, 15) is 18.4 Å². The molecular weight excluding hydrogens is 318 g/mol. The van der Waals surface area contributed by atoms with E-state index in [2.05, 4.69) is 5.32 Å². The van der Waals surface area contributed by atoms with E-state index in [-0.39, 0.29) is 18.0 Å². The van der Waals surface area contributed by atoms with Crippen LogP contribution in [0, 0.1) is 11.6 Å². The molecule has 124 valence electrons. The molecule has 1 atom stereocenters. The molecule has 0 bridgehead atoms. The fraction of sp³-hybridized carbons (Fsp3) is 0.176. The van der Waals surface area contributed by atoms with Crippen molar-refractivity contribution in [2.24, 2.45) is 0 Å². The monoisotopic (exact) mass is 332 g/mol. The number of hydrogen-bond donors (Lipinski definition) is 1. The number of imide groups is 1. The Hall–Kier alpha value is -2.96. The van der Waals surface area contributed by atoms with Crippen LogP contribution in [0.25, 0.3) is 0 Å². The van der Waals surface area contributed by atoms with Crippen molar-refractivity contribution in [3.05, 3.63) is 54.1 Å². The van der Waals surface area contributed by atoms with Gasteiger partial charge in [-0.25, -0.2) is 13.7 Å². The fourth-order valence-corrected chi connectivity index (χ4v) is 2.53. The lowest BCUT2D eigenvalue weighted by Crippen LogP contribution is -2.34. The molecule has 24 heavy (non-hydrogen) atoms. The van der Waals surface area contributed by atoms with Gasteiger partial charge in [0, 0.05) is 11.8 Å². The summed E-state index contributed by atoms with van der Waals surface area (Å²) in [4.78, 5) is 25.7. The molecule has 0 spiro atoms. The molecule has 3 rings (SSSR count). The van der Waals surface area contributed by atoms with Gasteiger partial charge in [0.1, 0.15) is 11.8 Å². The Kier molecular flexibility index (Phi) is 4.16. The molecule has 0 saturated carbocycles. The van der Waals surface area contributed by atoms with E-state index < -0.39 is 23.6 Å². The SMILES string of the molecule is COc1ccc(N2C(=O)C[C@H](Nc3ccc(F)c(F)c3)C2=O)cc1. The predicted octanol–water partition coefficient (Wildman–Crippen LogP) is 2.72. The summed E-state index contributed by atoms with van der Waals surface area (Å²) in [5, 5.41) is 2.77. The summed E-state index contributed by atoms with van der Waals surface area (Å²) in [5.74, 6) is -2.22. The zero-order valence-corrected chi connectivity index (χ0v) is 12.8. The van der Waals surface area contributed by atoms with Crippen molar-refractivity contribution < 1.29 is 23.1 Å². The van der Waals surface area contributed by atoms with Gasteiger partial charge in [-0.15, -0.1) is 0 Å². The van der Waals surface area contributed by atoms with Crippen LogP contribution >= 0.6 is 0 Å². The first-order valence-corrected chi connectivity index (χ1v) is 7.22. The van der Waals surface area contributed by atoms with Crippen LogP contribution in [0.15, 0.2) is 42.5 Å². The first kappa shape index (κ1) is 15.9. The van der Waals surface area contributed by atoms with Gasteiger partial charge in [-0.2, -0.15) is 0 Å². The number of amides is 2. The third-order valence-corrected chi connectivity index (χ3v) is 3.74. The van der Waals surface area contributed by atoms with Gasteiger partial charge in [-0.05, 0) is 36.4 Å². The van der Waals surface area contributed by atoms with Crippen LogP contribution in [0.1, 0.15) is 6.42 Å². The molecule has 1 fully saturated rings. The van der Waals surface area contributed by atoms with Gasteiger partial charge in [0.25, 0.3) is 5.91 Å². The zero-order chi connectivity index (χ0) is 17.3. The second kappa shape index (κ2) is 6.27. The highest BCUT2D eigenvalue weighted by molar-refractivity contribution is 6.23. The lowest BCUT2D eigenvalue weighted by atomic mass is 10.2. The largest absolute Gasteiger partial charge is 0.497 e. The number of rotatable bonds is 4. The van der Waals surface area contributed by atoms with E-state index in [1.54, 1.807) is 24.3 Å². The molecule has 5 nitrogen and oxygen atoms in total. The number of carbonyl (C=O) groups is 2. The van der Waals surface area contributed by atoms with E-state index in [1.807, 2.05) is 0 Å². The first-order chi connectivity index (χ1) is 11.5. The first-order valence-electron chi connectivity index (χ1n) is 7.22. The van der Waals surface area contributed by atoms with Crippen LogP contribution in [0.5, 0.6) is 5.75 Å². The third kappa shape index (κ3) is 2.92. The molecule has 0 aromatic heterocycles. The quantitative estimate of drug-likeness (QED) is 0.875. The Bertz CT molecular complexity index is 793. The Labute approximate surface area is 136 Å². The fourth-order valence-electron chi connectivity index (χ4n) is 2.53. The van der Waals surface area contributed by atoms with Gasteiger partial charge in [-0.1, -0.05) is 0 Å². The molecular formula is C17H14F2N2O3. The lowest BCUT2D eigenvalue weighted by Gasteiger charge is -2.16. The summed E-state index contributed by atoms with van der Waals surface area (Å²) >= 11 is 0. The van der Waals surface area contributed by atoms with Gasteiger partial charge >= 0.3 is 0 Å². The van der Waals surface area contributed by atoms with Crippen LogP contribution in [-0.4, -0.2) is 25.0 Å². The van der Waals surface area contributed by atoms with Gasteiger partial charge in [-0.3, -0.25) is 9.59 Å².